The number of anilines is 1. The summed E-state index contributed by atoms with van der Waals surface area (Å²) in [5.74, 6) is 0.578. The minimum absolute atomic E-state index is 0.197. The predicted octanol–water partition coefficient (Wildman–Crippen LogP) is 3.54. The number of nitrogens with one attached hydrogen (secondary N) is 2. The van der Waals surface area contributed by atoms with E-state index in [2.05, 4.69) is 20.5 Å². The lowest BCUT2D eigenvalue weighted by atomic mass is 10.1. The van der Waals surface area contributed by atoms with Crippen molar-refractivity contribution in [2.45, 2.75) is 25.9 Å². The number of oxazole rings is 1. The molecule has 1 saturated heterocycles. The fourth-order valence-corrected chi connectivity index (χ4v) is 3.66. The molecule has 4 heterocycles. The third-order valence-corrected chi connectivity index (χ3v) is 5.01. The van der Waals surface area contributed by atoms with Crippen molar-refractivity contribution < 1.29 is 13.9 Å². The minimum Gasteiger partial charge on any atom is -0.445 e. The quantitative estimate of drug-likeness (QED) is 0.755. The number of ether oxygens (including phenoxy) is 1. The topological polar surface area (TPSA) is 93.0 Å². The Morgan fingerprint density at radius 2 is 2.42 bits per heavy atom. The highest BCUT2D eigenvalue weighted by molar-refractivity contribution is 7.13. The van der Waals surface area contributed by atoms with Crippen molar-refractivity contribution in [1.82, 2.24) is 15.2 Å². The summed E-state index contributed by atoms with van der Waals surface area (Å²) in [6.45, 7) is 2.71. The summed E-state index contributed by atoms with van der Waals surface area (Å²) < 4.78 is 10.9. The summed E-state index contributed by atoms with van der Waals surface area (Å²) in [7, 11) is 0. The lowest BCUT2D eigenvalue weighted by Crippen LogP contribution is -2.15. The van der Waals surface area contributed by atoms with Crippen LogP contribution in [-0.4, -0.2) is 27.7 Å². The second-order valence-corrected chi connectivity index (χ2v) is 6.54. The van der Waals surface area contributed by atoms with E-state index in [-0.39, 0.29) is 17.7 Å². The molecule has 3 aromatic heterocycles. The van der Waals surface area contributed by atoms with Crippen molar-refractivity contribution in [3.8, 4) is 10.6 Å². The maximum Gasteiger partial charge on any atom is 0.279 e. The normalized spacial score (nSPS) is 17.3. The SMILES string of the molecule is Cc1ccsc1-c1cc(NC(=O)c2ncoc2C2CCCO2)n[nH]1. The van der Waals surface area contributed by atoms with Crippen LogP contribution in [0.25, 0.3) is 10.6 Å². The molecule has 0 saturated carbocycles. The Bertz CT molecular complexity index is 860. The van der Waals surface area contributed by atoms with Crippen LogP contribution in [0.15, 0.2) is 28.3 Å². The maximum absolute atomic E-state index is 12.5. The van der Waals surface area contributed by atoms with Gasteiger partial charge in [-0.1, -0.05) is 0 Å². The Morgan fingerprint density at radius 3 is 3.17 bits per heavy atom. The number of amides is 1. The summed E-state index contributed by atoms with van der Waals surface area (Å²) in [4.78, 5) is 17.6. The van der Waals surface area contributed by atoms with Crippen molar-refractivity contribution in [3.63, 3.8) is 0 Å². The fraction of sp³-hybridized carbons (Fsp3) is 0.312. The van der Waals surface area contributed by atoms with Gasteiger partial charge in [0.25, 0.3) is 5.91 Å². The first-order chi connectivity index (χ1) is 11.7. The van der Waals surface area contributed by atoms with Gasteiger partial charge in [-0.15, -0.1) is 11.3 Å². The summed E-state index contributed by atoms with van der Waals surface area (Å²) >= 11 is 1.62. The monoisotopic (exact) mass is 344 g/mol. The lowest BCUT2D eigenvalue weighted by molar-refractivity contribution is 0.0889. The molecule has 0 spiro atoms. The Balaban J connectivity index is 1.52. The highest BCUT2D eigenvalue weighted by Crippen LogP contribution is 2.31. The third kappa shape index (κ3) is 2.74. The van der Waals surface area contributed by atoms with Crippen LogP contribution < -0.4 is 5.32 Å². The molecule has 0 bridgehead atoms. The van der Waals surface area contributed by atoms with E-state index in [9.17, 15) is 4.79 Å². The molecule has 0 aliphatic carbocycles. The van der Waals surface area contributed by atoms with Crippen LogP contribution in [-0.2, 0) is 4.74 Å². The van der Waals surface area contributed by atoms with Crippen LogP contribution in [0, 0.1) is 6.92 Å². The van der Waals surface area contributed by atoms with Gasteiger partial charge in [0.15, 0.2) is 23.7 Å². The predicted molar refractivity (Wildman–Crippen MR) is 89.0 cm³/mol. The number of hydrogen-bond acceptors (Lipinski definition) is 6. The van der Waals surface area contributed by atoms with Gasteiger partial charge in [0.05, 0.1) is 10.6 Å². The van der Waals surface area contributed by atoms with Crippen LogP contribution in [0.3, 0.4) is 0 Å². The summed E-state index contributed by atoms with van der Waals surface area (Å²) in [6, 6.07) is 3.85. The first-order valence-corrected chi connectivity index (χ1v) is 8.56. The van der Waals surface area contributed by atoms with E-state index in [1.165, 1.54) is 12.0 Å². The lowest BCUT2D eigenvalue weighted by Gasteiger charge is -2.07. The van der Waals surface area contributed by atoms with Crippen molar-refractivity contribution in [1.29, 1.82) is 0 Å². The molecule has 1 amide bonds. The minimum atomic E-state index is -0.352. The zero-order valence-corrected chi connectivity index (χ0v) is 13.9. The number of hydrogen-bond donors (Lipinski definition) is 2. The molecule has 1 atom stereocenters. The van der Waals surface area contributed by atoms with Gasteiger partial charge in [0.1, 0.15) is 6.10 Å². The molecule has 1 fully saturated rings. The van der Waals surface area contributed by atoms with Gasteiger partial charge in [0.2, 0.25) is 0 Å². The van der Waals surface area contributed by atoms with Crippen LogP contribution in [0.1, 0.15) is 40.8 Å². The van der Waals surface area contributed by atoms with Crippen LogP contribution in [0.5, 0.6) is 0 Å². The van der Waals surface area contributed by atoms with Gasteiger partial charge in [-0.2, -0.15) is 5.10 Å². The van der Waals surface area contributed by atoms with Gasteiger partial charge >= 0.3 is 0 Å². The van der Waals surface area contributed by atoms with Crippen molar-refractivity contribution in [2.75, 3.05) is 11.9 Å². The molecule has 124 valence electrons. The highest BCUT2D eigenvalue weighted by atomic mass is 32.1. The zero-order valence-electron chi connectivity index (χ0n) is 13.0. The first-order valence-electron chi connectivity index (χ1n) is 7.68. The number of aromatic nitrogens is 3. The molecule has 3 aromatic rings. The second kappa shape index (κ2) is 6.21. The molecule has 1 aliphatic heterocycles. The highest BCUT2D eigenvalue weighted by Gasteiger charge is 2.28. The average molecular weight is 344 g/mol. The Hall–Kier alpha value is -2.45. The number of thiophene rings is 1. The van der Waals surface area contributed by atoms with E-state index >= 15 is 0 Å². The van der Waals surface area contributed by atoms with Crippen LogP contribution >= 0.6 is 11.3 Å². The first kappa shape index (κ1) is 15.1. The fourth-order valence-electron chi connectivity index (χ4n) is 2.76. The Labute approximate surface area is 142 Å². The molecule has 1 unspecified atom stereocenters. The smallest absolute Gasteiger partial charge is 0.279 e. The summed E-state index contributed by atoms with van der Waals surface area (Å²) in [6.07, 6.45) is 2.86. The maximum atomic E-state index is 12.5. The molecule has 0 aromatic carbocycles. The van der Waals surface area contributed by atoms with E-state index in [4.69, 9.17) is 9.15 Å². The van der Waals surface area contributed by atoms with E-state index in [1.54, 1.807) is 11.3 Å². The van der Waals surface area contributed by atoms with Gasteiger partial charge in [-0.05, 0) is 36.8 Å². The van der Waals surface area contributed by atoms with Crippen molar-refractivity contribution in [3.05, 3.63) is 40.9 Å². The summed E-state index contributed by atoms with van der Waals surface area (Å²) in [5.41, 5.74) is 2.29. The van der Waals surface area contributed by atoms with E-state index < -0.39 is 0 Å². The summed E-state index contributed by atoms with van der Waals surface area (Å²) in [5, 5.41) is 11.9. The van der Waals surface area contributed by atoms with E-state index in [1.807, 2.05) is 24.4 Å². The number of aryl methyl sites for hydroxylation is 1. The van der Waals surface area contributed by atoms with Crippen molar-refractivity contribution >= 4 is 23.1 Å². The van der Waals surface area contributed by atoms with Crippen LogP contribution in [0.2, 0.25) is 0 Å². The second-order valence-electron chi connectivity index (χ2n) is 5.62. The van der Waals surface area contributed by atoms with Crippen molar-refractivity contribution in [2.24, 2.45) is 0 Å². The number of H-pyrrole nitrogens is 1. The molecule has 4 rings (SSSR count). The van der Waals surface area contributed by atoms with E-state index in [0.717, 1.165) is 23.4 Å². The van der Waals surface area contributed by atoms with Gasteiger partial charge in [-0.3, -0.25) is 9.89 Å². The standard InChI is InChI=1S/C16H16N4O3S/c1-9-4-6-24-15(9)10-7-12(20-19-10)18-16(21)13-14(23-8-17-13)11-3-2-5-22-11/h4,6-8,11H,2-3,5H2,1H3,(H2,18,19,20,21). The van der Waals surface area contributed by atoms with Gasteiger partial charge in [0, 0.05) is 12.7 Å². The number of rotatable bonds is 4. The largest absolute Gasteiger partial charge is 0.445 e. The number of nitrogens with zero attached hydrogens (tertiary/aromatic N) is 2. The van der Waals surface area contributed by atoms with Crippen LogP contribution in [0.4, 0.5) is 5.82 Å². The molecule has 24 heavy (non-hydrogen) atoms. The number of carbonyl (C=O) groups excluding carboxylic acids is 1. The molecule has 8 heteroatoms. The molecular formula is C16H16N4O3S. The van der Waals surface area contributed by atoms with E-state index in [0.29, 0.717) is 18.2 Å². The van der Waals surface area contributed by atoms with Gasteiger partial charge < -0.3 is 14.5 Å². The molecular weight excluding hydrogens is 328 g/mol. The molecule has 2 N–H and O–H groups in total. The molecule has 7 nitrogen and oxygen atoms in total. The average Bonchev–Trinajstić information content (AvgIpc) is 3.34. The number of carbonyl (C=O) groups is 1. The zero-order chi connectivity index (χ0) is 16.5. The Morgan fingerprint density at radius 1 is 1.50 bits per heavy atom. The molecule has 1 aliphatic rings. The third-order valence-electron chi connectivity index (χ3n) is 3.96. The van der Waals surface area contributed by atoms with Gasteiger partial charge in [-0.25, -0.2) is 4.98 Å². The molecule has 0 radical (unpaired) electrons. The number of aromatic amines is 1. The Kier molecular flexibility index (Phi) is 3.91.